The Kier molecular flexibility index (Phi) is 9.54. The first-order valence-corrected chi connectivity index (χ1v) is 8.51. The van der Waals surface area contributed by atoms with E-state index in [2.05, 4.69) is 32.4 Å². The van der Waals surface area contributed by atoms with Gasteiger partial charge in [-0.05, 0) is 25.0 Å². The number of nitrogens with one attached hydrogen (secondary N) is 2. The highest BCUT2D eigenvalue weighted by Gasteiger charge is 2.24. The number of hydrogen-bond acceptors (Lipinski definition) is 4. The summed E-state index contributed by atoms with van der Waals surface area (Å²) in [7, 11) is 3.48. The molecule has 0 aliphatic carbocycles. The van der Waals surface area contributed by atoms with Crippen LogP contribution in [0.2, 0.25) is 0 Å². The fourth-order valence-electron chi connectivity index (χ4n) is 2.50. The predicted octanol–water partition coefficient (Wildman–Crippen LogP) is 1.31. The summed E-state index contributed by atoms with van der Waals surface area (Å²) in [6, 6.07) is 6.26. The van der Waals surface area contributed by atoms with Gasteiger partial charge in [-0.2, -0.15) is 0 Å². The predicted molar refractivity (Wildman–Crippen MR) is 113 cm³/mol. The molecule has 1 aliphatic heterocycles. The van der Waals surface area contributed by atoms with Crippen LogP contribution in [0.3, 0.4) is 0 Å². The molecule has 1 aliphatic rings. The van der Waals surface area contributed by atoms with Crippen LogP contribution in [-0.2, 0) is 4.79 Å². The molecule has 0 saturated carbocycles. The van der Waals surface area contributed by atoms with Crippen LogP contribution in [0.5, 0.6) is 0 Å². The lowest BCUT2D eigenvalue weighted by atomic mass is 10.3. The first-order valence-electron chi connectivity index (χ1n) is 8.51. The summed E-state index contributed by atoms with van der Waals surface area (Å²) in [4.78, 5) is 24.4. The average molecular weight is 460 g/mol. The maximum Gasteiger partial charge on any atom is 0.243 e. The van der Waals surface area contributed by atoms with Gasteiger partial charge in [0.1, 0.15) is 12.4 Å². The van der Waals surface area contributed by atoms with Crippen molar-refractivity contribution in [2.45, 2.75) is 25.8 Å². The van der Waals surface area contributed by atoms with Crippen molar-refractivity contribution in [3.63, 3.8) is 0 Å². The molecule has 0 spiro atoms. The Hall–Kier alpha value is -1.58. The second kappa shape index (κ2) is 11.1. The van der Waals surface area contributed by atoms with Gasteiger partial charge in [0.15, 0.2) is 5.96 Å². The molecule has 0 radical (unpaired) electrons. The van der Waals surface area contributed by atoms with Crippen LogP contribution in [0.4, 0.5) is 5.82 Å². The zero-order chi connectivity index (χ0) is 17.4. The van der Waals surface area contributed by atoms with Crippen LogP contribution >= 0.6 is 24.0 Å². The minimum Gasteiger partial charge on any atom is -0.356 e. The zero-order valence-corrected chi connectivity index (χ0v) is 17.6. The summed E-state index contributed by atoms with van der Waals surface area (Å²) in [5, 5.41) is 6.72. The lowest BCUT2D eigenvalue weighted by Crippen LogP contribution is -2.45. The summed E-state index contributed by atoms with van der Waals surface area (Å²) >= 11 is 0. The van der Waals surface area contributed by atoms with Crippen LogP contribution in [-0.4, -0.2) is 68.1 Å². The zero-order valence-electron chi connectivity index (χ0n) is 15.2. The molecule has 2 heterocycles. The number of pyridine rings is 1. The standard InChI is InChI=1S/C17H28N6O.HI/c1-4-9-19-17(20-12-16(24)22(2)3)21-14-8-11-23(13-14)15-7-5-6-10-18-15;/h5-7,10,14H,4,8-9,11-13H2,1-3H3,(H2,19,20,21);1H. The number of nitrogens with zero attached hydrogens (tertiary/aromatic N) is 4. The SMILES string of the molecule is CCCNC(=NCC(=O)N(C)C)NC1CCN(c2ccccn2)C1.I. The Bertz CT molecular complexity index is 551. The Morgan fingerprint density at radius 2 is 2.24 bits per heavy atom. The Labute approximate surface area is 167 Å². The number of rotatable bonds is 6. The molecule has 25 heavy (non-hydrogen) atoms. The summed E-state index contributed by atoms with van der Waals surface area (Å²) in [6.07, 6.45) is 3.84. The molecule has 2 N–H and O–H groups in total. The third-order valence-corrected chi connectivity index (χ3v) is 3.92. The second-order valence-electron chi connectivity index (χ2n) is 6.14. The fraction of sp³-hybridized carbons (Fsp3) is 0.588. The van der Waals surface area contributed by atoms with Crippen molar-refractivity contribution in [2.75, 3.05) is 45.2 Å². The molecule has 1 aromatic heterocycles. The number of halogens is 1. The molecule has 1 amide bonds. The van der Waals surface area contributed by atoms with Crippen LogP contribution in [0, 0.1) is 0 Å². The van der Waals surface area contributed by atoms with E-state index >= 15 is 0 Å². The van der Waals surface area contributed by atoms with Gasteiger partial charge in [-0.3, -0.25) is 4.79 Å². The van der Waals surface area contributed by atoms with Crippen LogP contribution < -0.4 is 15.5 Å². The summed E-state index contributed by atoms with van der Waals surface area (Å²) in [5.74, 6) is 1.71. The Balaban J connectivity index is 0.00000312. The molecule has 8 heteroatoms. The van der Waals surface area contributed by atoms with E-state index in [1.807, 2.05) is 24.4 Å². The Morgan fingerprint density at radius 3 is 2.88 bits per heavy atom. The highest BCUT2D eigenvalue weighted by atomic mass is 127. The third-order valence-electron chi connectivity index (χ3n) is 3.92. The van der Waals surface area contributed by atoms with Gasteiger partial charge in [0.2, 0.25) is 5.91 Å². The van der Waals surface area contributed by atoms with Crippen LogP contribution in [0.25, 0.3) is 0 Å². The van der Waals surface area contributed by atoms with Gasteiger partial charge < -0.3 is 20.4 Å². The van der Waals surface area contributed by atoms with Crippen molar-refractivity contribution in [3.05, 3.63) is 24.4 Å². The van der Waals surface area contributed by atoms with Gasteiger partial charge >= 0.3 is 0 Å². The Morgan fingerprint density at radius 1 is 1.44 bits per heavy atom. The van der Waals surface area contributed by atoms with E-state index in [4.69, 9.17) is 0 Å². The number of carbonyl (C=O) groups excluding carboxylic acids is 1. The quantitative estimate of drug-likeness (QED) is 0.381. The molecule has 1 atom stereocenters. The molecule has 1 saturated heterocycles. The number of likely N-dealkylation sites (N-methyl/N-ethyl adjacent to an activating group) is 1. The van der Waals surface area contributed by atoms with Crippen molar-refractivity contribution < 1.29 is 4.79 Å². The molecule has 7 nitrogen and oxygen atoms in total. The molecule has 1 fully saturated rings. The number of carbonyl (C=O) groups is 1. The van der Waals surface area contributed by atoms with E-state index < -0.39 is 0 Å². The molecule has 1 aromatic rings. The molecular weight excluding hydrogens is 431 g/mol. The highest BCUT2D eigenvalue weighted by molar-refractivity contribution is 14.0. The van der Waals surface area contributed by atoms with Crippen molar-refractivity contribution in [2.24, 2.45) is 4.99 Å². The summed E-state index contributed by atoms with van der Waals surface area (Å²) in [6.45, 7) is 4.94. The normalized spacial score (nSPS) is 17.0. The fourth-order valence-corrected chi connectivity index (χ4v) is 2.50. The minimum atomic E-state index is -0.00543. The lowest BCUT2D eigenvalue weighted by Gasteiger charge is -2.20. The van der Waals surface area contributed by atoms with Gasteiger partial charge in [-0.15, -0.1) is 24.0 Å². The molecule has 0 bridgehead atoms. The van der Waals surface area contributed by atoms with Gasteiger partial charge in [0, 0.05) is 46.0 Å². The van der Waals surface area contributed by atoms with E-state index in [-0.39, 0.29) is 36.4 Å². The summed E-state index contributed by atoms with van der Waals surface area (Å²) < 4.78 is 0. The number of aliphatic imine (C=N–C) groups is 1. The van der Waals surface area contributed by atoms with E-state index in [1.54, 1.807) is 19.0 Å². The number of hydrogen-bond donors (Lipinski definition) is 2. The van der Waals surface area contributed by atoms with Gasteiger partial charge in [0.05, 0.1) is 0 Å². The van der Waals surface area contributed by atoms with Crippen molar-refractivity contribution in [3.8, 4) is 0 Å². The summed E-state index contributed by atoms with van der Waals surface area (Å²) in [5.41, 5.74) is 0. The maximum absolute atomic E-state index is 11.7. The molecular formula is C17H29IN6O. The molecule has 2 rings (SSSR count). The monoisotopic (exact) mass is 460 g/mol. The molecule has 0 aromatic carbocycles. The van der Waals surface area contributed by atoms with E-state index in [0.29, 0.717) is 12.0 Å². The number of anilines is 1. The largest absolute Gasteiger partial charge is 0.356 e. The molecule has 1 unspecified atom stereocenters. The minimum absolute atomic E-state index is 0. The number of guanidine groups is 1. The number of aromatic nitrogens is 1. The van der Waals surface area contributed by atoms with Crippen molar-refractivity contribution >= 4 is 41.7 Å². The smallest absolute Gasteiger partial charge is 0.243 e. The second-order valence-corrected chi connectivity index (χ2v) is 6.14. The van der Waals surface area contributed by atoms with Crippen molar-refractivity contribution in [1.82, 2.24) is 20.5 Å². The number of amides is 1. The van der Waals surface area contributed by atoms with E-state index in [1.165, 1.54) is 0 Å². The lowest BCUT2D eigenvalue weighted by molar-refractivity contribution is -0.127. The van der Waals surface area contributed by atoms with Crippen LogP contribution in [0.1, 0.15) is 19.8 Å². The van der Waals surface area contributed by atoms with Gasteiger partial charge in [0.25, 0.3) is 0 Å². The van der Waals surface area contributed by atoms with Crippen molar-refractivity contribution in [1.29, 1.82) is 0 Å². The topological polar surface area (TPSA) is 72.9 Å². The third kappa shape index (κ3) is 7.05. The molecule has 140 valence electrons. The first-order chi connectivity index (χ1) is 11.6. The first kappa shape index (κ1) is 21.5. The average Bonchev–Trinajstić information content (AvgIpc) is 3.06. The van der Waals surface area contributed by atoms with Gasteiger partial charge in [-0.25, -0.2) is 9.98 Å². The van der Waals surface area contributed by atoms with Gasteiger partial charge in [-0.1, -0.05) is 13.0 Å². The van der Waals surface area contributed by atoms with E-state index in [0.717, 1.165) is 38.3 Å². The van der Waals surface area contributed by atoms with E-state index in [9.17, 15) is 4.79 Å². The maximum atomic E-state index is 11.7. The highest BCUT2D eigenvalue weighted by Crippen LogP contribution is 2.17. The van der Waals surface area contributed by atoms with Crippen LogP contribution in [0.15, 0.2) is 29.4 Å².